The number of para-hydroxylation sites is 1. The van der Waals surface area contributed by atoms with Gasteiger partial charge in [0, 0.05) is 11.5 Å². The Kier molecular flexibility index (Phi) is 3.57. The summed E-state index contributed by atoms with van der Waals surface area (Å²) in [6, 6.07) is 9.06. The Hall–Kier alpha value is -1.33. The normalized spacial score (nSPS) is 25.1. The summed E-state index contributed by atoms with van der Waals surface area (Å²) in [5.41, 5.74) is 0.700. The van der Waals surface area contributed by atoms with Crippen molar-refractivity contribution in [2.45, 2.75) is 12.5 Å². The van der Waals surface area contributed by atoms with Gasteiger partial charge in [-0.25, -0.2) is 4.90 Å². The van der Waals surface area contributed by atoms with Gasteiger partial charge in [0.05, 0.1) is 25.2 Å². The number of carbonyl (C=O) groups is 2. The van der Waals surface area contributed by atoms with Crippen molar-refractivity contribution < 1.29 is 14.5 Å². The van der Waals surface area contributed by atoms with Crippen LogP contribution in [0.3, 0.4) is 0 Å². The molecule has 1 N–H and O–H groups in total. The van der Waals surface area contributed by atoms with E-state index in [4.69, 9.17) is 0 Å². The van der Waals surface area contributed by atoms with Crippen LogP contribution in [0.5, 0.6) is 0 Å². The van der Waals surface area contributed by atoms with E-state index in [1.165, 1.54) is 9.80 Å². The van der Waals surface area contributed by atoms with E-state index >= 15 is 0 Å². The van der Waals surface area contributed by atoms with Crippen molar-refractivity contribution in [2.24, 2.45) is 0 Å². The van der Waals surface area contributed by atoms with Crippen molar-refractivity contribution >= 4 is 29.3 Å². The number of thioether (sulfide) groups is 1. The third kappa shape index (κ3) is 2.40. The van der Waals surface area contributed by atoms with E-state index in [1.54, 1.807) is 0 Å². The van der Waals surface area contributed by atoms with Crippen LogP contribution in [0.4, 0.5) is 5.69 Å². The van der Waals surface area contributed by atoms with Gasteiger partial charge in [0.2, 0.25) is 5.91 Å². The lowest BCUT2D eigenvalue weighted by atomic mass is 10.2. The zero-order chi connectivity index (χ0) is 13.2. The predicted octanol–water partition coefficient (Wildman–Crippen LogP) is -0.0498. The van der Waals surface area contributed by atoms with E-state index in [2.05, 4.69) is 0 Å². The van der Waals surface area contributed by atoms with E-state index in [0.29, 0.717) is 12.1 Å². The van der Waals surface area contributed by atoms with Crippen LogP contribution in [0.1, 0.15) is 6.42 Å². The average Bonchev–Trinajstić information content (AvgIpc) is 2.76. The fraction of sp³-hybridized carbons (Fsp3) is 0.429. The molecule has 0 aromatic heterocycles. The van der Waals surface area contributed by atoms with Gasteiger partial charge in [0.15, 0.2) is 6.04 Å². The van der Waals surface area contributed by atoms with Crippen molar-refractivity contribution in [3.8, 4) is 0 Å². The number of quaternary nitrogens is 1. The first-order valence-electron chi connectivity index (χ1n) is 6.61. The van der Waals surface area contributed by atoms with E-state index < -0.39 is 0 Å². The number of nitrogens with zero attached hydrogens (tertiary/aromatic N) is 1. The Morgan fingerprint density at radius 1 is 1.11 bits per heavy atom. The van der Waals surface area contributed by atoms with Crippen molar-refractivity contribution in [3.05, 3.63) is 30.3 Å². The SMILES string of the molecule is O=C1C[C@@H]([NH+]2CCSCC2)C(=O)N1c1ccccc1. The highest BCUT2D eigenvalue weighted by atomic mass is 32.2. The first-order valence-corrected chi connectivity index (χ1v) is 7.77. The number of benzene rings is 1. The molecule has 2 fully saturated rings. The highest BCUT2D eigenvalue weighted by Gasteiger charge is 2.45. The Morgan fingerprint density at radius 3 is 2.47 bits per heavy atom. The molecule has 5 heteroatoms. The van der Waals surface area contributed by atoms with Gasteiger partial charge in [0.1, 0.15) is 0 Å². The highest BCUT2D eigenvalue weighted by molar-refractivity contribution is 7.99. The second-order valence-electron chi connectivity index (χ2n) is 4.93. The molecule has 2 saturated heterocycles. The molecule has 0 unspecified atom stereocenters. The molecule has 100 valence electrons. The molecule has 2 aliphatic rings. The lowest BCUT2D eigenvalue weighted by Gasteiger charge is -2.27. The summed E-state index contributed by atoms with van der Waals surface area (Å²) >= 11 is 1.93. The number of rotatable bonds is 2. The molecular weight excluding hydrogens is 260 g/mol. The molecule has 2 amide bonds. The highest BCUT2D eigenvalue weighted by Crippen LogP contribution is 2.21. The topological polar surface area (TPSA) is 41.8 Å². The summed E-state index contributed by atoms with van der Waals surface area (Å²) in [4.78, 5) is 27.3. The van der Waals surface area contributed by atoms with Gasteiger partial charge in [-0.1, -0.05) is 18.2 Å². The van der Waals surface area contributed by atoms with Crippen LogP contribution in [-0.4, -0.2) is 42.5 Å². The van der Waals surface area contributed by atoms with Gasteiger partial charge in [0.25, 0.3) is 5.91 Å². The van der Waals surface area contributed by atoms with Crippen LogP contribution in [-0.2, 0) is 9.59 Å². The van der Waals surface area contributed by atoms with Crippen LogP contribution >= 0.6 is 11.8 Å². The number of hydrogen-bond donors (Lipinski definition) is 1. The number of hydrogen-bond acceptors (Lipinski definition) is 3. The maximum Gasteiger partial charge on any atom is 0.292 e. The summed E-state index contributed by atoms with van der Waals surface area (Å²) in [5.74, 6) is 2.07. The minimum atomic E-state index is -0.173. The summed E-state index contributed by atoms with van der Waals surface area (Å²) in [5, 5.41) is 0. The molecule has 0 radical (unpaired) electrons. The summed E-state index contributed by atoms with van der Waals surface area (Å²) in [7, 11) is 0. The van der Waals surface area contributed by atoms with E-state index in [-0.39, 0.29) is 17.9 Å². The summed E-state index contributed by atoms with van der Waals surface area (Å²) in [6.07, 6.45) is 0.355. The Labute approximate surface area is 116 Å². The first kappa shape index (κ1) is 12.7. The molecule has 0 spiro atoms. The largest absolute Gasteiger partial charge is 0.323 e. The quantitative estimate of drug-likeness (QED) is 0.771. The Morgan fingerprint density at radius 2 is 1.79 bits per heavy atom. The van der Waals surface area contributed by atoms with E-state index in [0.717, 1.165) is 24.6 Å². The molecule has 19 heavy (non-hydrogen) atoms. The maximum absolute atomic E-state index is 12.5. The van der Waals surface area contributed by atoms with E-state index in [9.17, 15) is 9.59 Å². The van der Waals surface area contributed by atoms with Gasteiger partial charge in [-0.2, -0.15) is 11.8 Å². The lowest BCUT2D eigenvalue weighted by Crippen LogP contribution is -3.18. The summed E-state index contributed by atoms with van der Waals surface area (Å²) in [6.45, 7) is 1.97. The fourth-order valence-corrected chi connectivity index (χ4v) is 3.80. The number of amides is 2. The van der Waals surface area contributed by atoms with Crippen molar-refractivity contribution in [1.82, 2.24) is 0 Å². The molecule has 2 heterocycles. The second kappa shape index (κ2) is 5.35. The van der Waals surface area contributed by atoms with Gasteiger partial charge >= 0.3 is 0 Å². The van der Waals surface area contributed by atoms with Crippen LogP contribution < -0.4 is 9.80 Å². The zero-order valence-corrected chi connectivity index (χ0v) is 11.5. The van der Waals surface area contributed by atoms with Crippen LogP contribution in [0, 0.1) is 0 Å². The molecule has 1 atom stereocenters. The zero-order valence-electron chi connectivity index (χ0n) is 10.7. The predicted molar refractivity (Wildman–Crippen MR) is 75.4 cm³/mol. The molecule has 3 rings (SSSR count). The minimum absolute atomic E-state index is 0.0295. The first-order chi connectivity index (χ1) is 9.27. The van der Waals surface area contributed by atoms with Crippen molar-refractivity contribution in [1.29, 1.82) is 0 Å². The molecule has 0 saturated carbocycles. The van der Waals surface area contributed by atoms with Crippen molar-refractivity contribution in [3.63, 3.8) is 0 Å². The molecule has 0 bridgehead atoms. The molecule has 2 aliphatic heterocycles. The van der Waals surface area contributed by atoms with Gasteiger partial charge in [-0.15, -0.1) is 0 Å². The Balaban J connectivity index is 1.81. The molecular formula is C14H17N2O2S+. The Bertz CT molecular complexity index is 485. The third-order valence-corrected chi connectivity index (χ3v) is 4.77. The molecule has 1 aromatic carbocycles. The van der Waals surface area contributed by atoms with Gasteiger partial charge in [-0.3, -0.25) is 9.59 Å². The van der Waals surface area contributed by atoms with Gasteiger partial charge < -0.3 is 4.90 Å². The van der Waals surface area contributed by atoms with E-state index in [1.807, 2.05) is 42.1 Å². The standard InChI is InChI=1S/C14H16N2O2S/c17-13-10-12(15-6-8-19-9-7-15)14(18)16(13)11-4-2-1-3-5-11/h1-5,12H,6-10H2/p+1/t12-/m1/s1. The average molecular weight is 277 g/mol. The van der Waals surface area contributed by atoms with Gasteiger partial charge in [-0.05, 0) is 12.1 Å². The number of nitrogens with one attached hydrogen (secondary N) is 1. The third-order valence-electron chi connectivity index (χ3n) is 3.79. The summed E-state index contributed by atoms with van der Waals surface area (Å²) < 4.78 is 0. The maximum atomic E-state index is 12.5. The number of imide groups is 1. The van der Waals surface area contributed by atoms with Crippen LogP contribution in [0.15, 0.2) is 30.3 Å². The number of anilines is 1. The monoisotopic (exact) mass is 277 g/mol. The number of carbonyl (C=O) groups excluding carboxylic acids is 2. The van der Waals surface area contributed by atoms with Crippen LogP contribution in [0.25, 0.3) is 0 Å². The second-order valence-corrected chi connectivity index (χ2v) is 6.16. The molecule has 1 aromatic rings. The fourth-order valence-electron chi connectivity index (χ4n) is 2.78. The molecule has 4 nitrogen and oxygen atoms in total. The smallest absolute Gasteiger partial charge is 0.292 e. The molecule has 0 aliphatic carbocycles. The van der Waals surface area contributed by atoms with Crippen molar-refractivity contribution in [2.75, 3.05) is 29.5 Å². The minimum Gasteiger partial charge on any atom is -0.323 e. The van der Waals surface area contributed by atoms with Crippen LogP contribution in [0.2, 0.25) is 0 Å². The lowest BCUT2D eigenvalue weighted by molar-refractivity contribution is -0.911.